The molecule has 2 heteroatoms. The summed E-state index contributed by atoms with van der Waals surface area (Å²) < 4.78 is 10.3. The van der Waals surface area contributed by atoms with Gasteiger partial charge in [-0.2, -0.15) is 0 Å². The zero-order chi connectivity index (χ0) is 5.40. The standard InChI is InChI=1S/C6H8O2/c1-2-5(7-3-1)6-4-8-6/h1-2,5-6H,3-4H2/t5-,6-/m0/s1. The van der Waals surface area contributed by atoms with E-state index in [1.165, 1.54) is 0 Å². The lowest BCUT2D eigenvalue weighted by Gasteiger charge is -2.00. The number of rotatable bonds is 1. The van der Waals surface area contributed by atoms with Crippen molar-refractivity contribution in [3.63, 3.8) is 0 Å². The molecule has 2 heterocycles. The van der Waals surface area contributed by atoms with Crippen LogP contribution >= 0.6 is 0 Å². The lowest BCUT2D eigenvalue weighted by atomic mass is 10.3. The molecule has 0 bridgehead atoms. The van der Waals surface area contributed by atoms with Gasteiger partial charge in [0.15, 0.2) is 0 Å². The van der Waals surface area contributed by atoms with Gasteiger partial charge in [0.2, 0.25) is 0 Å². The maximum atomic E-state index is 5.24. The van der Waals surface area contributed by atoms with Gasteiger partial charge in [-0.3, -0.25) is 0 Å². The monoisotopic (exact) mass is 112 g/mol. The molecule has 1 saturated heterocycles. The Balaban J connectivity index is 1.95. The van der Waals surface area contributed by atoms with Gasteiger partial charge in [0.25, 0.3) is 0 Å². The highest BCUT2D eigenvalue weighted by atomic mass is 16.6. The molecule has 2 nitrogen and oxygen atoms in total. The van der Waals surface area contributed by atoms with Gasteiger partial charge in [0.05, 0.1) is 13.2 Å². The quantitative estimate of drug-likeness (QED) is 0.360. The van der Waals surface area contributed by atoms with E-state index in [9.17, 15) is 0 Å². The fourth-order valence-electron chi connectivity index (χ4n) is 0.888. The van der Waals surface area contributed by atoms with Crippen LogP contribution in [-0.2, 0) is 9.47 Å². The number of hydrogen-bond donors (Lipinski definition) is 0. The van der Waals surface area contributed by atoms with Crippen molar-refractivity contribution in [2.45, 2.75) is 12.2 Å². The third kappa shape index (κ3) is 0.659. The molecule has 0 saturated carbocycles. The van der Waals surface area contributed by atoms with Crippen molar-refractivity contribution in [2.75, 3.05) is 13.2 Å². The Morgan fingerprint density at radius 2 is 2.25 bits per heavy atom. The maximum Gasteiger partial charge on any atom is 0.111 e. The molecule has 0 radical (unpaired) electrons. The molecule has 2 aliphatic heterocycles. The van der Waals surface area contributed by atoms with E-state index in [-0.39, 0.29) is 6.10 Å². The van der Waals surface area contributed by atoms with E-state index in [0.29, 0.717) is 6.10 Å². The van der Waals surface area contributed by atoms with Crippen molar-refractivity contribution in [1.29, 1.82) is 0 Å². The predicted octanol–water partition coefficient (Wildman–Crippen LogP) is 0.340. The molecule has 2 atom stereocenters. The first-order valence-electron chi connectivity index (χ1n) is 2.87. The Hall–Kier alpha value is -0.340. The number of epoxide rings is 1. The van der Waals surface area contributed by atoms with E-state index in [1.807, 2.05) is 6.08 Å². The summed E-state index contributed by atoms with van der Waals surface area (Å²) in [6.07, 6.45) is 4.76. The normalized spacial score (nSPS) is 43.0. The molecule has 0 aliphatic carbocycles. The summed E-state index contributed by atoms with van der Waals surface area (Å²) in [6.45, 7) is 1.65. The minimum Gasteiger partial charge on any atom is -0.370 e. The fourth-order valence-corrected chi connectivity index (χ4v) is 0.888. The minimum atomic E-state index is 0.273. The van der Waals surface area contributed by atoms with E-state index in [0.717, 1.165) is 13.2 Å². The largest absolute Gasteiger partial charge is 0.370 e. The van der Waals surface area contributed by atoms with Crippen molar-refractivity contribution < 1.29 is 9.47 Å². The molecule has 44 valence electrons. The Kier molecular flexibility index (Phi) is 0.889. The molecular formula is C6H8O2. The van der Waals surface area contributed by atoms with Gasteiger partial charge < -0.3 is 9.47 Å². The average molecular weight is 112 g/mol. The third-order valence-corrected chi connectivity index (χ3v) is 1.44. The van der Waals surface area contributed by atoms with Crippen LogP contribution in [0.2, 0.25) is 0 Å². The lowest BCUT2D eigenvalue weighted by molar-refractivity contribution is 0.103. The maximum absolute atomic E-state index is 5.24. The molecule has 2 aliphatic rings. The molecule has 8 heavy (non-hydrogen) atoms. The highest BCUT2D eigenvalue weighted by Crippen LogP contribution is 2.20. The zero-order valence-electron chi connectivity index (χ0n) is 4.54. The van der Waals surface area contributed by atoms with Crippen molar-refractivity contribution in [2.24, 2.45) is 0 Å². The van der Waals surface area contributed by atoms with Crippen molar-refractivity contribution in [1.82, 2.24) is 0 Å². The summed E-state index contributed by atoms with van der Waals surface area (Å²) >= 11 is 0. The third-order valence-electron chi connectivity index (χ3n) is 1.44. The zero-order valence-corrected chi connectivity index (χ0v) is 4.54. The van der Waals surface area contributed by atoms with Gasteiger partial charge in [0.1, 0.15) is 12.2 Å². The summed E-state index contributed by atoms with van der Waals surface area (Å²) in [6, 6.07) is 0. The number of hydrogen-bond acceptors (Lipinski definition) is 2. The molecule has 0 spiro atoms. The summed E-state index contributed by atoms with van der Waals surface area (Å²) in [5.74, 6) is 0. The molecule has 0 unspecified atom stereocenters. The first-order chi connectivity index (χ1) is 3.97. The highest BCUT2D eigenvalue weighted by molar-refractivity contribution is 5.02. The second-order valence-corrected chi connectivity index (χ2v) is 2.10. The fraction of sp³-hybridized carbons (Fsp3) is 0.667. The first kappa shape index (κ1) is 4.53. The Morgan fingerprint density at radius 3 is 2.75 bits per heavy atom. The van der Waals surface area contributed by atoms with Crippen LogP contribution in [0.4, 0.5) is 0 Å². The van der Waals surface area contributed by atoms with Crippen molar-refractivity contribution in [3.8, 4) is 0 Å². The molecule has 1 fully saturated rings. The smallest absolute Gasteiger partial charge is 0.111 e. The van der Waals surface area contributed by atoms with E-state index in [1.54, 1.807) is 0 Å². The molecule has 0 amide bonds. The SMILES string of the molecule is C1=C[C@@H]([C@@H]2CO2)OC1. The summed E-state index contributed by atoms with van der Waals surface area (Å²) in [7, 11) is 0. The van der Waals surface area contributed by atoms with Crippen LogP contribution in [0, 0.1) is 0 Å². The molecule has 0 aromatic carbocycles. The van der Waals surface area contributed by atoms with Crippen LogP contribution in [0.15, 0.2) is 12.2 Å². The molecule has 0 N–H and O–H groups in total. The second-order valence-electron chi connectivity index (χ2n) is 2.10. The molecular weight excluding hydrogens is 104 g/mol. The van der Waals surface area contributed by atoms with Crippen LogP contribution in [-0.4, -0.2) is 25.4 Å². The highest BCUT2D eigenvalue weighted by Gasteiger charge is 2.32. The van der Waals surface area contributed by atoms with Crippen molar-refractivity contribution in [3.05, 3.63) is 12.2 Å². The molecule has 2 rings (SSSR count). The molecule has 0 aromatic heterocycles. The summed E-state index contributed by atoms with van der Waals surface area (Å²) in [5, 5.41) is 0. The van der Waals surface area contributed by atoms with Crippen LogP contribution in [0.1, 0.15) is 0 Å². The van der Waals surface area contributed by atoms with Gasteiger partial charge in [-0.25, -0.2) is 0 Å². The van der Waals surface area contributed by atoms with E-state index in [2.05, 4.69) is 6.08 Å². The average Bonchev–Trinajstić information content (AvgIpc) is 2.49. The van der Waals surface area contributed by atoms with Crippen LogP contribution < -0.4 is 0 Å². The van der Waals surface area contributed by atoms with Gasteiger partial charge in [0, 0.05) is 0 Å². The number of ether oxygens (including phenoxy) is 2. The summed E-state index contributed by atoms with van der Waals surface area (Å²) in [5.41, 5.74) is 0. The van der Waals surface area contributed by atoms with Gasteiger partial charge in [-0.1, -0.05) is 12.2 Å². The summed E-state index contributed by atoms with van der Waals surface area (Å²) in [4.78, 5) is 0. The Bertz CT molecular complexity index is 116. The van der Waals surface area contributed by atoms with Crippen molar-refractivity contribution >= 4 is 0 Å². The minimum absolute atomic E-state index is 0.273. The lowest BCUT2D eigenvalue weighted by Crippen LogP contribution is -2.11. The first-order valence-corrected chi connectivity index (χ1v) is 2.87. The van der Waals surface area contributed by atoms with Crippen LogP contribution in [0.5, 0.6) is 0 Å². The topological polar surface area (TPSA) is 21.8 Å². The Morgan fingerprint density at radius 1 is 1.38 bits per heavy atom. The molecule has 0 aromatic rings. The van der Waals surface area contributed by atoms with E-state index >= 15 is 0 Å². The van der Waals surface area contributed by atoms with Crippen LogP contribution in [0.3, 0.4) is 0 Å². The van der Waals surface area contributed by atoms with Gasteiger partial charge in [-0.15, -0.1) is 0 Å². The van der Waals surface area contributed by atoms with Gasteiger partial charge >= 0.3 is 0 Å². The predicted molar refractivity (Wildman–Crippen MR) is 28.6 cm³/mol. The Labute approximate surface area is 48.1 Å². The second kappa shape index (κ2) is 1.57. The van der Waals surface area contributed by atoms with Gasteiger partial charge in [-0.05, 0) is 0 Å². The van der Waals surface area contributed by atoms with E-state index in [4.69, 9.17) is 9.47 Å². The van der Waals surface area contributed by atoms with E-state index < -0.39 is 0 Å². The van der Waals surface area contributed by atoms with Crippen LogP contribution in [0.25, 0.3) is 0 Å².